The molecule has 10 nitrogen and oxygen atoms in total. The highest BCUT2D eigenvalue weighted by molar-refractivity contribution is 6.71. The highest BCUT2D eigenvalue weighted by Crippen LogP contribution is 2.60. The van der Waals surface area contributed by atoms with Crippen LogP contribution in [0.1, 0.15) is 47.7 Å². The van der Waals surface area contributed by atoms with Gasteiger partial charge in [-0.2, -0.15) is 0 Å². The Bertz CT molecular complexity index is 2050. The lowest BCUT2D eigenvalue weighted by molar-refractivity contribution is -0.150. The number of hydrogen-bond acceptors (Lipinski definition) is 7. The van der Waals surface area contributed by atoms with Crippen molar-refractivity contribution in [2.24, 2.45) is 5.92 Å². The van der Waals surface area contributed by atoms with Gasteiger partial charge in [-0.05, 0) is 74.0 Å². The number of para-hydroxylation sites is 3. The number of carbonyl (C=O) groups is 3. The molecule has 2 N–H and O–H groups in total. The Morgan fingerprint density at radius 3 is 2.38 bits per heavy atom. The van der Waals surface area contributed by atoms with Crippen LogP contribution in [-0.4, -0.2) is 66.1 Å². The molecule has 1 spiro atoms. The van der Waals surface area contributed by atoms with E-state index >= 15 is 4.79 Å². The van der Waals surface area contributed by atoms with Gasteiger partial charge in [0.1, 0.15) is 5.75 Å². The van der Waals surface area contributed by atoms with Crippen LogP contribution in [0.3, 0.4) is 0 Å². The summed E-state index contributed by atoms with van der Waals surface area (Å²) in [6.07, 6.45) is 0.780. The Balaban J connectivity index is 1.27. The topological polar surface area (TPSA) is 120 Å². The molecule has 268 valence electrons. The number of rotatable bonds is 7. The molecule has 3 amide bonds. The standard InChI is InChI=1S/C41H43N3O7Si/c1-26-38(52(2,3)49)36(23-37(46)42-21-11-14-29(42)25-45)51-41(26)31-22-28(19-20-32(31)43(40(41)48)24-27-12-5-4-6-13-27)44-33-16-8-10-18-35(33)50-34-17-9-7-15-30(34)39(44)47/h4-10,12-13,15-20,22,26,29,36,38,45,49H,11,14,21,23-25H2,1-3H3/t26-,29-,36+,38-,41+/m0/s1. The van der Waals surface area contributed by atoms with E-state index in [-0.39, 0.29) is 43.3 Å². The maximum atomic E-state index is 15.1. The highest BCUT2D eigenvalue weighted by atomic mass is 28.4. The summed E-state index contributed by atoms with van der Waals surface area (Å²) in [5, 5.41) is 9.97. The zero-order chi connectivity index (χ0) is 36.4. The molecular weight excluding hydrogens is 675 g/mol. The molecule has 0 unspecified atom stereocenters. The second-order valence-corrected chi connectivity index (χ2v) is 18.9. The van der Waals surface area contributed by atoms with Gasteiger partial charge >= 0.3 is 0 Å². The molecule has 0 saturated carbocycles. The van der Waals surface area contributed by atoms with Gasteiger partial charge in [-0.25, -0.2) is 0 Å². The molecule has 2 saturated heterocycles. The van der Waals surface area contributed by atoms with Crippen molar-refractivity contribution in [2.75, 3.05) is 23.0 Å². The van der Waals surface area contributed by atoms with E-state index in [2.05, 4.69) is 0 Å². The molecular formula is C41H43N3O7Si. The number of fused-ring (bicyclic) bond motifs is 4. The van der Waals surface area contributed by atoms with Gasteiger partial charge in [0, 0.05) is 29.3 Å². The predicted molar refractivity (Wildman–Crippen MR) is 199 cm³/mol. The number of benzene rings is 4. The summed E-state index contributed by atoms with van der Waals surface area (Å²) in [5.41, 5.74) is 1.66. The first-order valence-corrected chi connectivity index (χ1v) is 21.1. The van der Waals surface area contributed by atoms with Crippen molar-refractivity contribution in [2.45, 2.75) is 69.1 Å². The normalized spacial score (nSPS) is 25.2. The number of carbonyl (C=O) groups excluding carboxylic acids is 3. The number of likely N-dealkylation sites (tertiary alicyclic amines) is 1. The lowest BCUT2D eigenvalue weighted by Gasteiger charge is -2.33. The van der Waals surface area contributed by atoms with Gasteiger partial charge in [0.25, 0.3) is 11.8 Å². The van der Waals surface area contributed by atoms with Crippen LogP contribution in [0.5, 0.6) is 11.5 Å². The van der Waals surface area contributed by atoms with Crippen LogP contribution in [0.2, 0.25) is 18.6 Å². The zero-order valence-corrected chi connectivity index (χ0v) is 30.6. The molecule has 4 heterocycles. The van der Waals surface area contributed by atoms with E-state index < -0.39 is 31.5 Å². The average molecular weight is 718 g/mol. The van der Waals surface area contributed by atoms with Gasteiger partial charge in [0.15, 0.2) is 19.7 Å². The lowest BCUT2D eigenvalue weighted by Crippen LogP contribution is -2.46. The Hall–Kier alpha value is -4.81. The van der Waals surface area contributed by atoms with Crippen LogP contribution in [0.4, 0.5) is 17.1 Å². The van der Waals surface area contributed by atoms with Crippen LogP contribution >= 0.6 is 0 Å². The fourth-order valence-electron chi connectivity index (χ4n) is 9.04. The monoisotopic (exact) mass is 717 g/mol. The van der Waals surface area contributed by atoms with Crippen molar-refractivity contribution in [3.05, 3.63) is 114 Å². The molecule has 52 heavy (non-hydrogen) atoms. The smallest absolute Gasteiger partial charge is 0.266 e. The number of ether oxygens (including phenoxy) is 2. The molecule has 0 aromatic heterocycles. The van der Waals surface area contributed by atoms with Crippen molar-refractivity contribution < 1.29 is 33.8 Å². The largest absolute Gasteiger partial charge is 0.454 e. The molecule has 0 aliphatic carbocycles. The molecule has 4 aliphatic rings. The minimum Gasteiger partial charge on any atom is -0.454 e. The fraction of sp³-hybridized carbons (Fsp3) is 0.341. The Morgan fingerprint density at radius 2 is 1.63 bits per heavy atom. The van der Waals surface area contributed by atoms with E-state index in [4.69, 9.17) is 9.47 Å². The summed E-state index contributed by atoms with van der Waals surface area (Å²) in [6, 6.07) is 29.6. The minimum atomic E-state index is -3.07. The number of hydrogen-bond donors (Lipinski definition) is 2. The van der Waals surface area contributed by atoms with E-state index in [0.29, 0.717) is 46.2 Å². The quantitative estimate of drug-likeness (QED) is 0.210. The van der Waals surface area contributed by atoms with Crippen LogP contribution in [0.15, 0.2) is 97.1 Å². The van der Waals surface area contributed by atoms with Crippen LogP contribution < -0.4 is 14.5 Å². The maximum Gasteiger partial charge on any atom is 0.266 e. The molecule has 2 fully saturated rings. The van der Waals surface area contributed by atoms with Crippen molar-refractivity contribution in [3.8, 4) is 11.5 Å². The lowest BCUT2D eigenvalue weighted by atomic mass is 9.82. The van der Waals surface area contributed by atoms with Crippen LogP contribution in [-0.2, 0) is 26.5 Å². The molecule has 4 aromatic rings. The number of aliphatic hydroxyl groups excluding tert-OH is 1. The second kappa shape index (κ2) is 13.0. The third kappa shape index (κ3) is 5.45. The molecule has 4 aliphatic heterocycles. The Morgan fingerprint density at radius 1 is 0.923 bits per heavy atom. The Labute approximate surface area is 304 Å². The minimum absolute atomic E-state index is 0.0165. The molecule has 0 bridgehead atoms. The van der Waals surface area contributed by atoms with Gasteiger partial charge < -0.3 is 29.2 Å². The van der Waals surface area contributed by atoms with E-state index in [0.717, 1.165) is 18.4 Å². The van der Waals surface area contributed by atoms with Crippen LogP contribution in [0.25, 0.3) is 0 Å². The number of anilines is 3. The predicted octanol–water partition coefficient (Wildman–Crippen LogP) is 6.49. The van der Waals surface area contributed by atoms with Gasteiger partial charge in [0.2, 0.25) is 5.91 Å². The van der Waals surface area contributed by atoms with E-state index in [1.165, 1.54) is 0 Å². The van der Waals surface area contributed by atoms with Gasteiger partial charge in [-0.15, -0.1) is 0 Å². The number of nitrogens with zero attached hydrogens (tertiary/aromatic N) is 3. The first-order valence-electron chi connectivity index (χ1n) is 18.0. The first-order chi connectivity index (χ1) is 25.0. The highest BCUT2D eigenvalue weighted by Gasteiger charge is 2.66. The van der Waals surface area contributed by atoms with Crippen molar-refractivity contribution in [1.29, 1.82) is 0 Å². The van der Waals surface area contributed by atoms with E-state index in [1.54, 1.807) is 32.9 Å². The molecule has 8 rings (SSSR count). The maximum absolute atomic E-state index is 15.1. The summed E-state index contributed by atoms with van der Waals surface area (Å²) >= 11 is 0. The van der Waals surface area contributed by atoms with Gasteiger partial charge in [-0.1, -0.05) is 61.5 Å². The first kappa shape index (κ1) is 34.3. The van der Waals surface area contributed by atoms with Crippen molar-refractivity contribution in [3.63, 3.8) is 0 Å². The summed E-state index contributed by atoms with van der Waals surface area (Å²) in [4.78, 5) is 60.3. The molecule has 5 atom stereocenters. The summed E-state index contributed by atoms with van der Waals surface area (Å²) < 4.78 is 13.3. The molecule has 0 radical (unpaired) electrons. The zero-order valence-electron chi connectivity index (χ0n) is 29.6. The Kier molecular flexibility index (Phi) is 8.57. The summed E-state index contributed by atoms with van der Waals surface area (Å²) in [5.74, 6) is -0.251. The van der Waals surface area contributed by atoms with Crippen molar-refractivity contribution in [1.82, 2.24) is 4.90 Å². The molecule has 4 aromatic carbocycles. The third-order valence-electron chi connectivity index (χ3n) is 11.3. The van der Waals surface area contributed by atoms with Gasteiger partial charge in [-0.3, -0.25) is 19.3 Å². The van der Waals surface area contributed by atoms with E-state index in [1.807, 2.05) is 98.9 Å². The van der Waals surface area contributed by atoms with E-state index in [9.17, 15) is 19.5 Å². The summed E-state index contributed by atoms with van der Waals surface area (Å²) in [6.45, 7) is 6.35. The number of amides is 3. The van der Waals surface area contributed by atoms with Crippen LogP contribution in [0, 0.1) is 5.92 Å². The SMILES string of the molecule is C[C@H]1[C@H]([Si](C)(C)O)[C@@H](CC(=O)N2CCC[C@H]2CO)O[C@]12C(=O)N(Cc1ccccc1)c1ccc(N3C(=O)c4ccccc4Oc4ccccc43)cc12. The number of aliphatic hydroxyl groups is 1. The second-order valence-electron chi connectivity index (χ2n) is 14.9. The van der Waals surface area contributed by atoms with Crippen molar-refractivity contribution >= 4 is 43.1 Å². The van der Waals surface area contributed by atoms with Gasteiger partial charge in [0.05, 0.1) is 48.7 Å². The molecule has 11 heteroatoms. The average Bonchev–Trinajstić information content (AvgIpc) is 3.77. The summed E-state index contributed by atoms with van der Waals surface area (Å²) in [7, 11) is -3.07. The third-order valence-corrected chi connectivity index (χ3v) is 13.8. The fourth-order valence-corrected chi connectivity index (χ4v) is 11.6.